The Balaban J connectivity index is 1.51. The number of carbonyl (C=O) groups is 1. The maximum atomic E-state index is 12.0. The maximum Gasteiger partial charge on any atom is 0.291 e. The van der Waals surface area contributed by atoms with Crippen LogP contribution >= 0.6 is 0 Å². The van der Waals surface area contributed by atoms with Gasteiger partial charge in [0.2, 0.25) is 5.82 Å². The molecular formula is C18H18N4O2. The number of nitrogens with one attached hydrogen (secondary N) is 1. The summed E-state index contributed by atoms with van der Waals surface area (Å²) in [7, 11) is 0. The third-order valence-corrected chi connectivity index (χ3v) is 3.39. The van der Waals surface area contributed by atoms with Crippen molar-refractivity contribution in [3.8, 4) is 11.4 Å². The molecule has 3 rings (SSSR count). The van der Waals surface area contributed by atoms with Gasteiger partial charge in [-0.2, -0.15) is 0 Å². The van der Waals surface area contributed by atoms with E-state index in [1.54, 1.807) is 4.68 Å². The van der Waals surface area contributed by atoms with E-state index in [-0.39, 0.29) is 11.7 Å². The quantitative estimate of drug-likeness (QED) is 0.708. The molecule has 0 saturated carbocycles. The highest BCUT2D eigenvalue weighted by atomic mass is 16.5. The van der Waals surface area contributed by atoms with Crippen molar-refractivity contribution in [3.63, 3.8) is 0 Å². The third-order valence-electron chi connectivity index (χ3n) is 3.39. The zero-order valence-electron chi connectivity index (χ0n) is 13.3. The Kier molecular flexibility index (Phi) is 4.86. The number of rotatable bonds is 6. The Bertz CT molecular complexity index is 797. The number of hydrogen-bond acceptors (Lipinski definition) is 4. The van der Waals surface area contributed by atoms with Crippen molar-refractivity contribution in [2.75, 3.05) is 13.2 Å². The molecule has 0 fully saturated rings. The summed E-state index contributed by atoms with van der Waals surface area (Å²) in [4.78, 5) is 16.1. The highest BCUT2D eigenvalue weighted by Crippen LogP contribution is 2.08. The van der Waals surface area contributed by atoms with E-state index in [0.29, 0.717) is 13.2 Å². The fraction of sp³-hybridized carbons (Fsp3) is 0.167. The molecule has 0 bridgehead atoms. The molecule has 6 nitrogen and oxygen atoms in total. The van der Waals surface area contributed by atoms with Gasteiger partial charge in [0.05, 0.1) is 12.2 Å². The molecule has 6 heteroatoms. The number of para-hydroxylation sites is 1. The predicted octanol–water partition coefficient (Wildman–Crippen LogP) is 2.38. The smallest absolute Gasteiger partial charge is 0.291 e. The molecule has 0 aliphatic carbocycles. The molecule has 0 spiro atoms. The largest absolute Gasteiger partial charge is 0.492 e. The zero-order valence-corrected chi connectivity index (χ0v) is 13.3. The van der Waals surface area contributed by atoms with Gasteiger partial charge < -0.3 is 10.1 Å². The van der Waals surface area contributed by atoms with Crippen LogP contribution in [0.5, 0.6) is 5.75 Å². The summed E-state index contributed by atoms with van der Waals surface area (Å²) in [6, 6.07) is 17.3. The monoisotopic (exact) mass is 322 g/mol. The summed E-state index contributed by atoms with van der Waals surface area (Å²) in [5.41, 5.74) is 2.02. The number of ether oxygens (including phenoxy) is 1. The fourth-order valence-corrected chi connectivity index (χ4v) is 2.12. The molecule has 24 heavy (non-hydrogen) atoms. The van der Waals surface area contributed by atoms with E-state index in [0.717, 1.165) is 17.0 Å². The average molecular weight is 322 g/mol. The van der Waals surface area contributed by atoms with Crippen LogP contribution in [-0.4, -0.2) is 33.8 Å². The topological polar surface area (TPSA) is 69.0 Å². The molecule has 0 radical (unpaired) electrons. The third kappa shape index (κ3) is 3.98. The van der Waals surface area contributed by atoms with Crippen molar-refractivity contribution in [2.45, 2.75) is 6.92 Å². The standard InChI is InChI=1S/C18H18N4O2/c1-14-7-9-15(10-8-14)22-13-20-17(21-22)18(23)19-11-12-24-16-5-3-2-4-6-16/h2-10,13H,11-12H2,1H3,(H,19,23). The van der Waals surface area contributed by atoms with Crippen LogP contribution in [0.4, 0.5) is 0 Å². The predicted molar refractivity (Wildman–Crippen MR) is 90.4 cm³/mol. The van der Waals surface area contributed by atoms with Crippen molar-refractivity contribution in [1.29, 1.82) is 0 Å². The Labute approximate surface area is 140 Å². The molecule has 0 saturated heterocycles. The number of carbonyl (C=O) groups excluding carboxylic acids is 1. The van der Waals surface area contributed by atoms with Gasteiger partial charge in [-0.15, -0.1) is 5.10 Å². The summed E-state index contributed by atoms with van der Waals surface area (Å²) in [5, 5.41) is 6.94. The summed E-state index contributed by atoms with van der Waals surface area (Å²) < 4.78 is 7.10. The lowest BCUT2D eigenvalue weighted by Gasteiger charge is -2.06. The van der Waals surface area contributed by atoms with E-state index < -0.39 is 0 Å². The van der Waals surface area contributed by atoms with E-state index >= 15 is 0 Å². The molecule has 1 heterocycles. The van der Waals surface area contributed by atoms with Crippen LogP contribution in [0.2, 0.25) is 0 Å². The first-order chi connectivity index (χ1) is 11.7. The Hall–Kier alpha value is -3.15. The van der Waals surface area contributed by atoms with Crippen LogP contribution in [0, 0.1) is 6.92 Å². The molecular weight excluding hydrogens is 304 g/mol. The fourth-order valence-electron chi connectivity index (χ4n) is 2.12. The maximum absolute atomic E-state index is 12.0. The van der Waals surface area contributed by atoms with Crippen LogP contribution in [0.3, 0.4) is 0 Å². The first-order valence-corrected chi connectivity index (χ1v) is 7.67. The normalized spacial score (nSPS) is 10.4. The highest BCUT2D eigenvalue weighted by Gasteiger charge is 2.11. The highest BCUT2D eigenvalue weighted by molar-refractivity contribution is 5.90. The lowest BCUT2D eigenvalue weighted by atomic mass is 10.2. The summed E-state index contributed by atoms with van der Waals surface area (Å²) >= 11 is 0. The van der Waals surface area contributed by atoms with Gasteiger partial charge in [-0.25, -0.2) is 9.67 Å². The number of nitrogens with zero attached hydrogens (tertiary/aromatic N) is 3. The zero-order chi connectivity index (χ0) is 16.8. The van der Waals surface area contributed by atoms with Crippen LogP contribution in [0.15, 0.2) is 60.9 Å². The van der Waals surface area contributed by atoms with Crippen LogP contribution in [0.25, 0.3) is 5.69 Å². The lowest BCUT2D eigenvalue weighted by Crippen LogP contribution is -2.29. The number of amides is 1. The number of hydrogen-bond donors (Lipinski definition) is 1. The molecule has 2 aromatic carbocycles. The molecule has 0 aliphatic rings. The number of aromatic nitrogens is 3. The second-order valence-corrected chi connectivity index (χ2v) is 5.27. The summed E-state index contributed by atoms with van der Waals surface area (Å²) in [6.07, 6.45) is 1.53. The minimum Gasteiger partial charge on any atom is -0.492 e. The molecule has 0 unspecified atom stereocenters. The van der Waals surface area contributed by atoms with Crippen LogP contribution < -0.4 is 10.1 Å². The van der Waals surface area contributed by atoms with E-state index in [1.165, 1.54) is 6.33 Å². The minimum absolute atomic E-state index is 0.135. The minimum atomic E-state index is -0.322. The van der Waals surface area contributed by atoms with Gasteiger partial charge >= 0.3 is 0 Å². The Morgan fingerprint density at radius 3 is 2.62 bits per heavy atom. The molecule has 122 valence electrons. The summed E-state index contributed by atoms with van der Waals surface area (Å²) in [6.45, 7) is 2.78. The first-order valence-electron chi connectivity index (χ1n) is 7.67. The molecule has 1 aromatic heterocycles. The van der Waals surface area contributed by atoms with Crippen molar-refractivity contribution >= 4 is 5.91 Å². The molecule has 0 aliphatic heterocycles. The Morgan fingerprint density at radius 2 is 1.88 bits per heavy atom. The number of benzene rings is 2. The van der Waals surface area contributed by atoms with Gasteiger partial charge in [-0.05, 0) is 31.2 Å². The second-order valence-electron chi connectivity index (χ2n) is 5.27. The van der Waals surface area contributed by atoms with Crippen LogP contribution in [-0.2, 0) is 0 Å². The van der Waals surface area contributed by atoms with E-state index in [4.69, 9.17) is 4.74 Å². The van der Waals surface area contributed by atoms with Gasteiger partial charge in [-0.1, -0.05) is 35.9 Å². The lowest BCUT2D eigenvalue weighted by molar-refractivity contribution is 0.0936. The molecule has 1 amide bonds. The Morgan fingerprint density at radius 1 is 1.12 bits per heavy atom. The SMILES string of the molecule is Cc1ccc(-n2cnc(C(=O)NCCOc3ccccc3)n2)cc1. The van der Waals surface area contributed by atoms with Gasteiger partial charge in [0.1, 0.15) is 18.7 Å². The van der Waals surface area contributed by atoms with E-state index in [1.807, 2.05) is 61.5 Å². The van der Waals surface area contributed by atoms with Crippen LogP contribution in [0.1, 0.15) is 16.2 Å². The average Bonchev–Trinajstić information content (AvgIpc) is 3.10. The molecule has 1 N–H and O–H groups in total. The van der Waals surface area contributed by atoms with Gasteiger partial charge in [0.15, 0.2) is 0 Å². The van der Waals surface area contributed by atoms with Crippen molar-refractivity contribution < 1.29 is 9.53 Å². The summed E-state index contributed by atoms with van der Waals surface area (Å²) in [5.74, 6) is 0.585. The number of aryl methyl sites for hydroxylation is 1. The van der Waals surface area contributed by atoms with Gasteiger partial charge in [0.25, 0.3) is 5.91 Å². The van der Waals surface area contributed by atoms with Gasteiger partial charge in [-0.3, -0.25) is 4.79 Å². The molecule has 3 aromatic rings. The van der Waals surface area contributed by atoms with E-state index in [2.05, 4.69) is 15.4 Å². The second kappa shape index (κ2) is 7.41. The van der Waals surface area contributed by atoms with Crippen molar-refractivity contribution in [3.05, 3.63) is 72.3 Å². The van der Waals surface area contributed by atoms with Gasteiger partial charge in [0, 0.05) is 0 Å². The van der Waals surface area contributed by atoms with Crippen molar-refractivity contribution in [2.24, 2.45) is 0 Å². The van der Waals surface area contributed by atoms with Crippen molar-refractivity contribution in [1.82, 2.24) is 20.1 Å². The molecule has 0 atom stereocenters. The first kappa shape index (κ1) is 15.7. The van der Waals surface area contributed by atoms with E-state index in [9.17, 15) is 4.79 Å².